The molecule has 0 aromatic carbocycles. The Bertz CT molecular complexity index is 1090. The monoisotopic (exact) mass is 424 g/mol. The van der Waals surface area contributed by atoms with Crippen molar-refractivity contribution in [1.29, 1.82) is 0 Å². The molecule has 2 heterocycles. The maximum absolute atomic E-state index is 10.2. The number of halogens is 1. The minimum Gasteiger partial charge on any atom is -0.393 e. The van der Waals surface area contributed by atoms with E-state index in [4.69, 9.17) is 11.6 Å². The minimum absolute atomic E-state index is 0.127. The molecular formula is C24H29ClN4O. The van der Waals surface area contributed by atoms with E-state index in [2.05, 4.69) is 45.5 Å². The molecular weight excluding hydrogens is 396 g/mol. The Morgan fingerprint density at radius 3 is 2.73 bits per heavy atom. The van der Waals surface area contributed by atoms with Crippen LogP contribution < -0.4 is 0 Å². The molecule has 0 aliphatic heterocycles. The van der Waals surface area contributed by atoms with Gasteiger partial charge >= 0.3 is 0 Å². The molecule has 0 bridgehead atoms. The molecule has 6 rings (SSSR count). The number of aromatic nitrogens is 4. The average molecular weight is 425 g/mol. The fraction of sp³-hybridized carbons (Fsp3) is 0.625. The molecule has 0 amide bonds. The van der Waals surface area contributed by atoms with Crippen molar-refractivity contribution in [3.8, 4) is 0 Å². The molecule has 6 atom stereocenters. The molecule has 2 fully saturated rings. The van der Waals surface area contributed by atoms with E-state index in [1.54, 1.807) is 0 Å². The van der Waals surface area contributed by atoms with Crippen LogP contribution in [-0.2, 0) is 0 Å². The number of imidazole rings is 1. The highest BCUT2D eigenvalue weighted by atomic mass is 35.5. The number of hydrogen-bond donors (Lipinski definition) is 1. The van der Waals surface area contributed by atoms with Crippen LogP contribution in [0.4, 0.5) is 0 Å². The summed E-state index contributed by atoms with van der Waals surface area (Å²) in [5.74, 6) is 2.07. The molecule has 0 saturated heterocycles. The Morgan fingerprint density at radius 1 is 1.03 bits per heavy atom. The summed E-state index contributed by atoms with van der Waals surface area (Å²) in [6, 6.07) is 0. The number of hydrogen-bond acceptors (Lipinski definition) is 4. The second-order valence-corrected chi connectivity index (χ2v) is 10.7. The van der Waals surface area contributed by atoms with Crippen molar-refractivity contribution in [2.24, 2.45) is 28.6 Å². The third kappa shape index (κ3) is 2.42. The summed E-state index contributed by atoms with van der Waals surface area (Å²) in [6.45, 7) is 4.93. The topological polar surface area (TPSA) is 63.8 Å². The summed E-state index contributed by atoms with van der Waals surface area (Å²) in [5, 5.41) is 10.6. The number of aliphatic hydroxyl groups is 1. The molecule has 4 aliphatic carbocycles. The van der Waals surface area contributed by atoms with E-state index in [-0.39, 0.29) is 16.9 Å². The summed E-state index contributed by atoms with van der Waals surface area (Å²) < 4.78 is 2.16. The number of aliphatic hydroxyl groups excluding tert-OH is 1. The Balaban J connectivity index is 1.37. The smallest absolute Gasteiger partial charge is 0.169 e. The van der Waals surface area contributed by atoms with Crippen LogP contribution in [0.15, 0.2) is 30.4 Å². The van der Waals surface area contributed by atoms with Crippen LogP contribution in [0.25, 0.3) is 16.9 Å². The van der Waals surface area contributed by atoms with Crippen molar-refractivity contribution in [1.82, 2.24) is 19.5 Å². The summed E-state index contributed by atoms with van der Waals surface area (Å²) in [5.41, 5.74) is 4.76. The highest BCUT2D eigenvalue weighted by Crippen LogP contribution is 2.65. The first kappa shape index (κ1) is 19.0. The molecule has 5 nitrogen and oxygen atoms in total. The maximum Gasteiger partial charge on any atom is 0.169 e. The summed E-state index contributed by atoms with van der Waals surface area (Å²) >= 11 is 6.26. The van der Waals surface area contributed by atoms with Crippen LogP contribution in [0.1, 0.15) is 58.8 Å². The van der Waals surface area contributed by atoms with Gasteiger partial charge in [0.25, 0.3) is 0 Å². The molecule has 2 aromatic rings. The largest absolute Gasteiger partial charge is 0.393 e. The van der Waals surface area contributed by atoms with Gasteiger partial charge in [-0.1, -0.05) is 43.2 Å². The van der Waals surface area contributed by atoms with Crippen LogP contribution in [-0.4, -0.2) is 30.7 Å². The zero-order valence-corrected chi connectivity index (χ0v) is 18.4. The minimum atomic E-state index is -0.141. The Hall–Kier alpha value is -1.72. The third-order valence-electron chi connectivity index (χ3n) is 9.17. The number of allylic oxidation sites excluding steroid dienone is 3. The maximum atomic E-state index is 10.2. The second-order valence-electron chi connectivity index (χ2n) is 10.4. The van der Waals surface area contributed by atoms with Gasteiger partial charge in [0, 0.05) is 11.1 Å². The van der Waals surface area contributed by atoms with Crippen molar-refractivity contribution < 1.29 is 5.11 Å². The molecule has 1 N–H and O–H groups in total. The molecule has 2 aromatic heterocycles. The standard InChI is InChI=1S/C24H29ClN4O/c1-23-9-7-15(30)11-14(23)3-4-16-17-5-6-19(24(17,2)10-8-18(16)23)29-13-28-20-21(25)26-12-27-22(20)29/h3,6,12-13,15-18,30H,4-5,7-11H2,1-2H3/t15-,16-,17-,18-,23-,24-/m0/s1. The Kier molecular flexibility index (Phi) is 4.05. The van der Waals surface area contributed by atoms with Crippen LogP contribution in [0, 0.1) is 28.6 Å². The lowest BCUT2D eigenvalue weighted by Crippen LogP contribution is -2.50. The zero-order valence-electron chi connectivity index (χ0n) is 17.7. The van der Waals surface area contributed by atoms with Gasteiger partial charge in [-0.15, -0.1) is 0 Å². The lowest BCUT2D eigenvalue weighted by molar-refractivity contribution is -0.0249. The van der Waals surface area contributed by atoms with E-state index in [0.29, 0.717) is 22.5 Å². The molecule has 2 saturated carbocycles. The highest BCUT2D eigenvalue weighted by Gasteiger charge is 2.57. The fourth-order valence-electron chi connectivity index (χ4n) is 7.54. The van der Waals surface area contributed by atoms with E-state index >= 15 is 0 Å². The van der Waals surface area contributed by atoms with E-state index in [9.17, 15) is 5.11 Å². The first-order chi connectivity index (χ1) is 14.4. The zero-order chi connectivity index (χ0) is 20.7. The van der Waals surface area contributed by atoms with Crippen molar-refractivity contribution in [2.45, 2.75) is 64.9 Å². The lowest BCUT2D eigenvalue weighted by atomic mass is 9.48. The van der Waals surface area contributed by atoms with Crippen molar-refractivity contribution in [2.75, 3.05) is 0 Å². The van der Waals surface area contributed by atoms with Crippen molar-refractivity contribution in [3.05, 3.63) is 35.5 Å². The van der Waals surface area contributed by atoms with Gasteiger partial charge in [0.05, 0.1) is 6.10 Å². The predicted molar refractivity (Wildman–Crippen MR) is 118 cm³/mol. The average Bonchev–Trinajstić information content (AvgIpc) is 3.30. The molecule has 0 radical (unpaired) electrons. The summed E-state index contributed by atoms with van der Waals surface area (Å²) in [6.07, 6.45) is 15.9. The normalized spacial score (nSPS) is 40.4. The summed E-state index contributed by atoms with van der Waals surface area (Å²) in [7, 11) is 0. The van der Waals surface area contributed by atoms with Gasteiger partial charge in [-0.05, 0) is 68.1 Å². The number of nitrogens with zero attached hydrogens (tertiary/aromatic N) is 4. The van der Waals surface area contributed by atoms with E-state index in [1.165, 1.54) is 30.4 Å². The summed E-state index contributed by atoms with van der Waals surface area (Å²) in [4.78, 5) is 13.1. The van der Waals surface area contributed by atoms with Crippen LogP contribution in [0.2, 0.25) is 5.15 Å². The van der Waals surface area contributed by atoms with E-state index < -0.39 is 0 Å². The van der Waals surface area contributed by atoms with Gasteiger partial charge in [-0.2, -0.15) is 0 Å². The van der Waals surface area contributed by atoms with Gasteiger partial charge < -0.3 is 5.11 Å². The SMILES string of the molecule is C[C@]12CC[C@H](O)CC1=CC[C@@H]1[C@@H]2CC[C@]2(C)C(n3cnc4c(Cl)ncnc43)=CC[C@@H]12. The fourth-order valence-corrected chi connectivity index (χ4v) is 7.72. The third-order valence-corrected chi connectivity index (χ3v) is 9.44. The van der Waals surface area contributed by atoms with Gasteiger partial charge in [-0.3, -0.25) is 4.57 Å². The Labute approximate surface area is 182 Å². The van der Waals surface area contributed by atoms with Gasteiger partial charge in [0.15, 0.2) is 10.8 Å². The quantitative estimate of drug-likeness (QED) is 0.501. The van der Waals surface area contributed by atoms with Crippen molar-refractivity contribution >= 4 is 28.5 Å². The molecule has 158 valence electrons. The second kappa shape index (κ2) is 6.39. The highest BCUT2D eigenvalue weighted by molar-refractivity contribution is 6.33. The van der Waals surface area contributed by atoms with Crippen LogP contribution in [0.5, 0.6) is 0 Å². The number of rotatable bonds is 1. The van der Waals surface area contributed by atoms with Crippen LogP contribution in [0.3, 0.4) is 0 Å². The van der Waals surface area contributed by atoms with Gasteiger partial charge in [0.1, 0.15) is 18.2 Å². The van der Waals surface area contributed by atoms with E-state index in [0.717, 1.165) is 43.7 Å². The Morgan fingerprint density at radius 2 is 1.87 bits per heavy atom. The number of fused-ring (bicyclic) bond motifs is 6. The van der Waals surface area contributed by atoms with Gasteiger partial charge in [0.2, 0.25) is 0 Å². The first-order valence-electron chi connectivity index (χ1n) is 11.3. The van der Waals surface area contributed by atoms with Crippen molar-refractivity contribution in [3.63, 3.8) is 0 Å². The molecule has 6 heteroatoms. The molecule has 30 heavy (non-hydrogen) atoms. The predicted octanol–water partition coefficient (Wildman–Crippen LogP) is 5.25. The lowest BCUT2D eigenvalue weighted by Gasteiger charge is -2.57. The van der Waals surface area contributed by atoms with Gasteiger partial charge in [-0.25, -0.2) is 15.0 Å². The molecule has 0 spiro atoms. The van der Waals surface area contributed by atoms with Crippen LogP contribution >= 0.6 is 11.6 Å². The molecule has 0 unspecified atom stereocenters. The first-order valence-corrected chi connectivity index (χ1v) is 11.7. The van der Waals surface area contributed by atoms with E-state index in [1.807, 2.05) is 6.33 Å². The molecule has 4 aliphatic rings.